The van der Waals surface area contributed by atoms with Crippen molar-refractivity contribution in [3.63, 3.8) is 0 Å². The lowest BCUT2D eigenvalue weighted by Crippen LogP contribution is -2.42. The lowest BCUT2D eigenvalue weighted by molar-refractivity contribution is -0.139. The van der Waals surface area contributed by atoms with E-state index in [9.17, 15) is 14.7 Å². The van der Waals surface area contributed by atoms with Crippen molar-refractivity contribution in [3.05, 3.63) is 59.1 Å². The number of aromatic nitrogens is 2. The van der Waals surface area contributed by atoms with Crippen molar-refractivity contribution in [1.29, 1.82) is 0 Å². The van der Waals surface area contributed by atoms with Crippen LogP contribution in [-0.2, 0) is 11.2 Å². The molecule has 2 aromatic rings. The average molecular weight is 306 g/mol. The average Bonchev–Trinajstić information content (AvgIpc) is 2.49. The van der Waals surface area contributed by atoms with Crippen LogP contribution in [0.5, 0.6) is 0 Å². The highest BCUT2D eigenvalue weighted by molar-refractivity contribution is 6.29. The molecule has 0 bridgehead atoms. The Morgan fingerprint density at radius 3 is 2.62 bits per heavy atom. The molecule has 0 aliphatic carbocycles. The van der Waals surface area contributed by atoms with E-state index in [0.29, 0.717) is 10.7 Å². The largest absolute Gasteiger partial charge is 0.480 e. The number of halogens is 1. The number of nitrogens with zero attached hydrogens (tertiary/aromatic N) is 2. The molecule has 7 heteroatoms. The molecule has 6 nitrogen and oxygen atoms in total. The number of aliphatic carboxylic acids is 1. The molecule has 0 radical (unpaired) electrons. The number of rotatable bonds is 5. The first kappa shape index (κ1) is 14.9. The topological polar surface area (TPSA) is 92.2 Å². The zero-order valence-electron chi connectivity index (χ0n) is 10.9. The molecule has 0 saturated heterocycles. The molecule has 0 fully saturated rings. The van der Waals surface area contributed by atoms with Crippen molar-refractivity contribution < 1.29 is 14.7 Å². The van der Waals surface area contributed by atoms with Gasteiger partial charge in [0, 0.05) is 18.8 Å². The van der Waals surface area contributed by atoms with Gasteiger partial charge >= 0.3 is 5.97 Å². The maximum absolute atomic E-state index is 11.9. The van der Waals surface area contributed by atoms with E-state index < -0.39 is 17.9 Å². The van der Waals surface area contributed by atoms with Crippen LogP contribution in [0.25, 0.3) is 0 Å². The summed E-state index contributed by atoms with van der Waals surface area (Å²) in [5, 5.41) is 12.0. The molecular weight excluding hydrogens is 294 g/mol. The summed E-state index contributed by atoms with van der Waals surface area (Å²) in [5.74, 6) is -1.67. The van der Waals surface area contributed by atoms with Crippen LogP contribution in [0.15, 0.2) is 42.7 Å². The van der Waals surface area contributed by atoms with Gasteiger partial charge in [-0.25, -0.2) is 9.78 Å². The number of amides is 1. The Morgan fingerprint density at radius 1 is 1.24 bits per heavy atom. The van der Waals surface area contributed by atoms with Crippen molar-refractivity contribution >= 4 is 23.5 Å². The van der Waals surface area contributed by atoms with E-state index in [0.717, 1.165) is 0 Å². The molecule has 21 heavy (non-hydrogen) atoms. The van der Waals surface area contributed by atoms with Crippen LogP contribution < -0.4 is 5.32 Å². The van der Waals surface area contributed by atoms with Gasteiger partial charge in [0.25, 0.3) is 5.91 Å². The van der Waals surface area contributed by atoms with Crippen LogP contribution in [0, 0.1) is 0 Å². The number of carbonyl (C=O) groups is 2. The van der Waals surface area contributed by atoms with Crippen LogP contribution in [0.3, 0.4) is 0 Å². The second-order valence-corrected chi connectivity index (χ2v) is 4.66. The molecule has 2 aromatic heterocycles. The van der Waals surface area contributed by atoms with E-state index >= 15 is 0 Å². The first-order valence-corrected chi connectivity index (χ1v) is 6.49. The van der Waals surface area contributed by atoms with Crippen molar-refractivity contribution in [1.82, 2.24) is 15.3 Å². The number of nitrogens with one attached hydrogen (secondary N) is 1. The van der Waals surface area contributed by atoms with Crippen LogP contribution >= 0.6 is 11.6 Å². The Hall–Kier alpha value is -2.47. The van der Waals surface area contributed by atoms with Gasteiger partial charge in [0.2, 0.25) is 0 Å². The highest BCUT2D eigenvalue weighted by Gasteiger charge is 2.21. The standard InChI is InChI=1S/C14H12ClN3O3/c15-12-5-4-9(8-17-12)7-11(14(20)21)18-13(19)10-3-1-2-6-16-10/h1-6,8,11H,7H2,(H,18,19)(H,20,21)/t11-/m0/s1. The molecule has 0 saturated carbocycles. The molecule has 2 N–H and O–H groups in total. The third kappa shape index (κ3) is 4.25. The first-order chi connectivity index (χ1) is 10.1. The van der Waals surface area contributed by atoms with E-state index in [2.05, 4.69) is 15.3 Å². The zero-order valence-corrected chi connectivity index (χ0v) is 11.6. The van der Waals surface area contributed by atoms with Gasteiger partial charge in [0.15, 0.2) is 0 Å². The Labute approximate surface area is 125 Å². The molecule has 1 atom stereocenters. The quantitative estimate of drug-likeness (QED) is 0.818. The molecule has 2 rings (SSSR count). The lowest BCUT2D eigenvalue weighted by Gasteiger charge is -2.14. The number of carboxylic acid groups (broad SMARTS) is 1. The van der Waals surface area contributed by atoms with Crippen LogP contribution in [0.4, 0.5) is 0 Å². The lowest BCUT2D eigenvalue weighted by atomic mass is 10.1. The number of pyridine rings is 2. The maximum atomic E-state index is 11.9. The summed E-state index contributed by atoms with van der Waals surface area (Å²) in [6.45, 7) is 0. The number of carboxylic acids is 1. The molecule has 0 aliphatic rings. The summed E-state index contributed by atoms with van der Waals surface area (Å²) in [5.41, 5.74) is 0.825. The molecule has 0 aromatic carbocycles. The minimum absolute atomic E-state index is 0.109. The van der Waals surface area contributed by atoms with Crippen molar-refractivity contribution in [3.8, 4) is 0 Å². The smallest absolute Gasteiger partial charge is 0.326 e. The third-order valence-electron chi connectivity index (χ3n) is 2.73. The minimum Gasteiger partial charge on any atom is -0.480 e. The van der Waals surface area contributed by atoms with E-state index in [4.69, 9.17) is 11.6 Å². The molecule has 2 heterocycles. The predicted octanol–water partition coefficient (Wildman–Crippen LogP) is 1.56. The first-order valence-electron chi connectivity index (χ1n) is 6.11. The fraction of sp³-hybridized carbons (Fsp3) is 0.143. The molecule has 1 amide bonds. The summed E-state index contributed by atoms with van der Waals surface area (Å²) in [7, 11) is 0. The highest BCUT2D eigenvalue weighted by Crippen LogP contribution is 2.08. The Morgan fingerprint density at radius 2 is 2.05 bits per heavy atom. The summed E-state index contributed by atoms with van der Waals surface area (Å²) >= 11 is 5.67. The molecular formula is C14H12ClN3O3. The van der Waals surface area contributed by atoms with Gasteiger partial charge in [0.1, 0.15) is 16.9 Å². The fourth-order valence-electron chi connectivity index (χ4n) is 1.69. The zero-order chi connectivity index (χ0) is 15.2. The van der Waals surface area contributed by atoms with Crippen molar-refractivity contribution in [2.45, 2.75) is 12.5 Å². The van der Waals surface area contributed by atoms with Gasteiger partial charge in [0.05, 0.1) is 0 Å². The van der Waals surface area contributed by atoms with E-state index in [1.807, 2.05) is 0 Å². The fourth-order valence-corrected chi connectivity index (χ4v) is 1.80. The predicted molar refractivity (Wildman–Crippen MR) is 76.1 cm³/mol. The van der Waals surface area contributed by atoms with Crippen LogP contribution in [0.1, 0.15) is 16.1 Å². The summed E-state index contributed by atoms with van der Waals surface area (Å²) in [6.07, 6.45) is 3.05. The number of hydrogen-bond acceptors (Lipinski definition) is 4. The Balaban J connectivity index is 2.07. The molecule has 0 unspecified atom stereocenters. The molecule has 108 valence electrons. The summed E-state index contributed by atoms with van der Waals surface area (Å²) in [6, 6.07) is 7.00. The maximum Gasteiger partial charge on any atom is 0.326 e. The summed E-state index contributed by atoms with van der Waals surface area (Å²) < 4.78 is 0. The minimum atomic E-state index is -1.13. The van der Waals surface area contributed by atoms with E-state index in [1.54, 1.807) is 24.3 Å². The van der Waals surface area contributed by atoms with Gasteiger partial charge < -0.3 is 10.4 Å². The van der Waals surface area contributed by atoms with Gasteiger partial charge in [-0.15, -0.1) is 0 Å². The third-order valence-corrected chi connectivity index (χ3v) is 2.95. The Kier molecular flexibility index (Phi) is 4.84. The normalized spacial score (nSPS) is 11.7. The SMILES string of the molecule is O=C(N[C@@H](Cc1ccc(Cl)nc1)C(=O)O)c1ccccn1. The van der Waals surface area contributed by atoms with Crippen LogP contribution in [0.2, 0.25) is 5.15 Å². The highest BCUT2D eigenvalue weighted by atomic mass is 35.5. The number of hydrogen-bond donors (Lipinski definition) is 2. The van der Waals surface area contributed by atoms with Crippen LogP contribution in [-0.4, -0.2) is 33.0 Å². The number of carbonyl (C=O) groups excluding carboxylic acids is 1. The molecule has 0 aliphatic heterocycles. The Bertz CT molecular complexity index is 632. The summed E-state index contributed by atoms with van der Waals surface area (Å²) in [4.78, 5) is 30.9. The van der Waals surface area contributed by atoms with E-state index in [1.165, 1.54) is 18.5 Å². The van der Waals surface area contributed by atoms with Crippen molar-refractivity contribution in [2.24, 2.45) is 0 Å². The van der Waals surface area contributed by atoms with Crippen molar-refractivity contribution in [2.75, 3.05) is 0 Å². The molecule has 0 spiro atoms. The van der Waals surface area contributed by atoms with Gasteiger partial charge in [-0.2, -0.15) is 0 Å². The second-order valence-electron chi connectivity index (χ2n) is 4.27. The monoisotopic (exact) mass is 305 g/mol. The van der Waals surface area contributed by atoms with Gasteiger partial charge in [-0.3, -0.25) is 9.78 Å². The van der Waals surface area contributed by atoms with Gasteiger partial charge in [-0.1, -0.05) is 23.7 Å². The van der Waals surface area contributed by atoms with Gasteiger partial charge in [-0.05, 0) is 23.8 Å². The second kappa shape index (κ2) is 6.81. The van der Waals surface area contributed by atoms with E-state index in [-0.39, 0.29) is 12.1 Å².